The van der Waals surface area contributed by atoms with Gasteiger partial charge in [0.25, 0.3) is 10.1 Å². The normalized spacial score (nSPS) is 12.9. The molecule has 0 aromatic carbocycles. The van der Waals surface area contributed by atoms with E-state index in [1.165, 1.54) is 44.9 Å². The molecule has 0 aromatic rings. The highest BCUT2D eigenvalue weighted by molar-refractivity contribution is 7.86. The molecule has 0 spiro atoms. The Balaban J connectivity index is 0. The fraction of sp³-hybridized carbons (Fsp3) is 1.00. The van der Waals surface area contributed by atoms with E-state index in [9.17, 15) is 8.42 Å². The lowest BCUT2D eigenvalue weighted by molar-refractivity contribution is 0.109. The summed E-state index contributed by atoms with van der Waals surface area (Å²) in [7, 11) is -3.71. The van der Waals surface area contributed by atoms with Crippen molar-refractivity contribution in [3.8, 4) is 0 Å². The van der Waals surface area contributed by atoms with Crippen molar-refractivity contribution in [2.24, 2.45) is 0 Å². The minimum atomic E-state index is -3.71. The molecule has 0 aliphatic rings. The van der Waals surface area contributed by atoms with Gasteiger partial charge < -0.3 is 16.4 Å². The van der Waals surface area contributed by atoms with Gasteiger partial charge in [0, 0.05) is 0 Å². The summed E-state index contributed by atoms with van der Waals surface area (Å²) >= 11 is 0. The van der Waals surface area contributed by atoms with Crippen LogP contribution in [0.4, 0.5) is 0 Å². The quantitative estimate of drug-likeness (QED) is 0.311. The van der Waals surface area contributed by atoms with E-state index in [1.807, 2.05) is 0 Å². The molecular formula is C15H35NO5S. The highest BCUT2D eigenvalue weighted by Crippen LogP contribution is 2.10. The molecule has 0 rings (SSSR count). The Morgan fingerprint density at radius 3 is 1.82 bits per heavy atom. The van der Waals surface area contributed by atoms with Crippen molar-refractivity contribution in [2.45, 2.75) is 77.2 Å². The van der Waals surface area contributed by atoms with E-state index in [-0.39, 0.29) is 12.8 Å². The van der Waals surface area contributed by atoms with E-state index < -0.39 is 28.6 Å². The third kappa shape index (κ3) is 16.2. The Kier molecular flexibility index (Phi) is 17.1. The summed E-state index contributed by atoms with van der Waals surface area (Å²) in [6, 6.07) is 0. The average molecular weight is 342 g/mol. The molecule has 1 unspecified atom stereocenters. The Morgan fingerprint density at radius 1 is 0.909 bits per heavy atom. The predicted molar refractivity (Wildman–Crippen MR) is 89.7 cm³/mol. The summed E-state index contributed by atoms with van der Waals surface area (Å²) in [6.07, 6.45) is 10.5. The summed E-state index contributed by atoms with van der Waals surface area (Å²) in [6.45, 7) is 1.81. The van der Waals surface area contributed by atoms with Gasteiger partial charge in [-0.3, -0.25) is 4.18 Å². The van der Waals surface area contributed by atoms with Crippen molar-refractivity contribution in [3.05, 3.63) is 0 Å². The smallest absolute Gasteiger partial charge is 0.269 e. The monoisotopic (exact) mass is 341 g/mol. The van der Waals surface area contributed by atoms with Crippen LogP contribution in [0.3, 0.4) is 0 Å². The molecule has 0 aliphatic heterocycles. The van der Waals surface area contributed by atoms with Gasteiger partial charge in [-0.15, -0.1) is 0 Å². The molecule has 0 aromatic heterocycles. The number of unbranched alkanes of at least 4 members (excludes halogenated alkanes) is 9. The SMILES string of the molecule is CCCCCCCCCCCCOS(=O)(=O)CC(O)CO.N. The van der Waals surface area contributed by atoms with Crippen LogP contribution in [0.15, 0.2) is 0 Å². The second-order valence-electron chi connectivity index (χ2n) is 5.56. The zero-order valence-electron chi connectivity index (χ0n) is 14.0. The molecule has 7 heteroatoms. The van der Waals surface area contributed by atoms with E-state index in [0.717, 1.165) is 12.8 Å². The second-order valence-corrected chi connectivity index (χ2v) is 7.25. The molecule has 0 heterocycles. The van der Waals surface area contributed by atoms with E-state index in [0.29, 0.717) is 6.42 Å². The van der Waals surface area contributed by atoms with Crippen LogP contribution in [0.1, 0.15) is 71.1 Å². The largest absolute Gasteiger partial charge is 0.394 e. The molecule has 0 amide bonds. The molecule has 22 heavy (non-hydrogen) atoms. The minimum absolute atomic E-state index is 0. The van der Waals surface area contributed by atoms with Gasteiger partial charge in [-0.2, -0.15) is 8.42 Å². The first-order chi connectivity index (χ1) is 10.0. The van der Waals surface area contributed by atoms with Crippen LogP contribution in [-0.2, 0) is 14.3 Å². The van der Waals surface area contributed by atoms with E-state index >= 15 is 0 Å². The number of hydrogen-bond donors (Lipinski definition) is 3. The van der Waals surface area contributed by atoms with Crippen LogP contribution in [0.5, 0.6) is 0 Å². The van der Waals surface area contributed by atoms with Crippen LogP contribution >= 0.6 is 0 Å². The van der Waals surface area contributed by atoms with Crippen LogP contribution < -0.4 is 6.15 Å². The van der Waals surface area contributed by atoms with Crippen LogP contribution in [0.25, 0.3) is 0 Å². The topological polar surface area (TPSA) is 119 Å². The third-order valence-electron chi connectivity index (χ3n) is 3.37. The fourth-order valence-corrected chi connectivity index (χ4v) is 3.16. The first kappa shape index (κ1) is 24.0. The van der Waals surface area contributed by atoms with Crippen molar-refractivity contribution in [3.63, 3.8) is 0 Å². The van der Waals surface area contributed by atoms with E-state index in [1.54, 1.807) is 0 Å². The Bertz CT molecular complexity index is 322. The molecule has 0 saturated carbocycles. The Labute approximate surface area is 136 Å². The van der Waals surface area contributed by atoms with Crippen LogP contribution in [-0.4, -0.2) is 43.7 Å². The first-order valence-corrected chi connectivity index (χ1v) is 9.75. The molecule has 136 valence electrons. The van der Waals surface area contributed by atoms with E-state index in [2.05, 4.69) is 6.92 Å². The molecule has 0 saturated heterocycles. The second kappa shape index (κ2) is 15.7. The molecule has 0 bridgehead atoms. The van der Waals surface area contributed by atoms with Gasteiger partial charge >= 0.3 is 0 Å². The van der Waals surface area contributed by atoms with Gasteiger partial charge in [-0.05, 0) is 6.42 Å². The van der Waals surface area contributed by atoms with Gasteiger partial charge in [0.1, 0.15) is 5.75 Å². The molecule has 0 fully saturated rings. The predicted octanol–water partition coefficient (Wildman–Crippen LogP) is 2.77. The summed E-state index contributed by atoms with van der Waals surface area (Å²) in [5.74, 6) is -0.540. The number of hydrogen-bond acceptors (Lipinski definition) is 6. The van der Waals surface area contributed by atoms with Gasteiger partial charge in [0.15, 0.2) is 0 Å². The maximum absolute atomic E-state index is 11.4. The highest BCUT2D eigenvalue weighted by atomic mass is 32.2. The Morgan fingerprint density at radius 2 is 1.36 bits per heavy atom. The summed E-state index contributed by atoms with van der Waals surface area (Å²) in [5, 5.41) is 17.6. The summed E-state index contributed by atoms with van der Waals surface area (Å²) < 4.78 is 27.5. The van der Waals surface area contributed by atoms with Gasteiger partial charge in [0.2, 0.25) is 0 Å². The Hall–Kier alpha value is -0.210. The van der Waals surface area contributed by atoms with Crippen molar-refractivity contribution in [1.29, 1.82) is 0 Å². The average Bonchev–Trinajstić information content (AvgIpc) is 2.44. The summed E-state index contributed by atoms with van der Waals surface area (Å²) in [5.41, 5.74) is 0. The van der Waals surface area contributed by atoms with E-state index in [4.69, 9.17) is 14.4 Å². The van der Waals surface area contributed by atoms with Gasteiger partial charge in [0.05, 0.1) is 19.3 Å². The maximum atomic E-state index is 11.4. The minimum Gasteiger partial charge on any atom is -0.394 e. The number of rotatable bonds is 15. The highest BCUT2D eigenvalue weighted by Gasteiger charge is 2.16. The first-order valence-electron chi connectivity index (χ1n) is 8.18. The standard InChI is InChI=1S/C15H32O5S.H3N/c1-2-3-4-5-6-7-8-9-10-11-12-20-21(18,19)14-15(17)13-16;/h15-17H,2-14H2,1H3;1H3. The van der Waals surface area contributed by atoms with Gasteiger partial charge in [-0.1, -0.05) is 64.7 Å². The lowest BCUT2D eigenvalue weighted by Gasteiger charge is -2.08. The molecular weight excluding hydrogens is 306 g/mol. The zero-order valence-corrected chi connectivity index (χ0v) is 14.8. The van der Waals surface area contributed by atoms with Gasteiger partial charge in [-0.25, -0.2) is 0 Å². The van der Waals surface area contributed by atoms with Crippen LogP contribution in [0.2, 0.25) is 0 Å². The van der Waals surface area contributed by atoms with Crippen molar-refractivity contribution in [1.82, 2.24) is 6.15 Å². The van der Waals surface area contributed by atoms with Crippen LogP contribution in [0, 0.1) is 0 Å². The third-order valence-corrected chi connectivity index (χ3v) is 4.69. The molecule has 6 nitrogen and oxygen atoms in total. The maximum Gasteiger partial charge on any atom is 0.269 e. The van der Waals surface area contributed by atoms with Crippen molar-refractivity contribution < 1.29 is 22.8 Å². The molecule has 5 N–H and O–H groups in total. The molecule has 0 aliphatic carbocycles. The summed E-state index contributed by atoms with van der Waals surface area (Å²) in [4.78, 5) is 0. The molecule has 1 atom stereocenters. The fourth-order valence-electron chi connectivity index (χ4n) is 2.11. The number of aliphatic hydroxyl groups excluding tert-OH is 2. The number of aliphatic hydroxyl groups is 2. The lowest BCUT2D eigenvalue weighted by Crippen LogP contribution is -2.25. The molecule has 0 radical (unpaired) electrons. The zero-order chi connectivity index (χ0) is 16.0. The lowest BCUT2D eigenvalue weighted by atomic mass is 10.1. The van der Waals surface area contributed by atoms with Crippen molar-refractivity contribution in [2.75, 3.05) is 19.0 Å². The van der Waals surface area contributed by atoms with Crippen molar-refractivity contribution >= 4 is 10.1 Å².